The van der Waals surface area contributed by atoms with Gasteiger partial charge in [0.15, 0.2) is 0 Å². The lowest BCUT2D eigenvalue weighted by Crippen LogP contribution is -2.23. The van der Waals surface area contributed by atoms with Crippen molar-refractivity contribution in [2.75, 3.05) is 25.1 Å². The Labute approximate surface area is 185 Å². The van der Waals surface area contributed by atoms with Gasteiger partial charge in [-0.25, -0.2) is 13.8 Å². The van der Waals surface area contributed by atoms with E-state index in [9.17, 15) is 4.79 Å². The molecule has 1 atom stereocenters. The van der Waals surface area contributed by atoms with Crippen molar-refractivity contribution in [1.82, 2.24) is 4.98 Å². The number of halogens is 2. The lowest BCUT2D eigenvalue weighted by molar-refractivity contribution is -0.144. The minimum atomic E-state index is -0.711. The molecule has 0 N–H and O–H groups in total. The second-order valence-electron chi connectivity index (χ2n) is 7.82. The molecule has 1 saturated heterocycles. The molecule has 0 aliphatic carbocycles. The summed E-state index contributed by atoms with van der Waals surface area (Å²) in [6.07, 6.45) is 0.580. The third-order valence-corrected chi connectivity index (χ3v) is 5.60. The summed E-state index contributed by atoms with van der Waals surface area (Å²) in [4.78, 5) is 17.9. The molecule has 2 aromatic carbocycles. The van der Waals surface area contributed by atoms with Gasteiger partial charge < -0.3 is 14.4 Å². The number of carbonyl (C=O) groups is 1. The van der Waals surface area contributed by atoms with Crippen LogP contribution < -0.4 is 9.64 Å². The van der Waals surface area contributed by atoms with Crippen LogP contribution in [0.15, 0.2) is 54.6 Å². The second-order valence-corrected chi connectivity index (χ2v) is 7.82. The monoisotopic (exact) mass is 438 g/mol. The molecule has 2 heterocycles. The van der Waals surface area contributed by atoms with Gasteiger partial charge in [-0.1, -0.05) is 30.3 Å². The molecule has 0 radical (unpaired) electrons. The molecule has 0 amide bonds. The number of nitrogens with zero attached hydrogens (tertiary/aromatic N) is 2. The summed E-state index contributed by atoms with van der Waals surface area (Å²) < 4.78 is 41.0. The molecule has 1 fully saturated rings. The number of hydrogen-bond donors (Lipinski definition) is 0. The Hall–Kier alpha value is -3.48. The molecule has 1 aliphatic heterocycles. The van der Waals surface area contributed by atoms with E-state index in [1.807, 2.05) is 30.3 Å². The van der Waals surface area contributed by atoms with Gasteiger partial charge in [-0.2, -0.15) is 0 Å². The van der Waals surface area contributed by atoms with Gasteiger partial charge in [-0.05, 0) is 43.2 Å². The topological polar surface area (TPSA) is 51.7 Å². The van der Waals surface area contributed by atoms with Gasteiger partial charge in [0, 0.05) is 30.0 Å². The fraction of sp³-hybridized carbons (Fsp3) is 0.280. The summed E-state index contributed by atoms with van der Waals surface area (Å²) >= 11 is 0. The predicted molar refractivity (Wildman–Crippen MR) is 117 cm³/mol. The SMILES string of the molecule is COC(=O)[C@@H]1CCN(c2cc(F)c(-c3ccc(C)nc3OCc3ccccc3)c(F)c2)C1. The summed E-state index contributed by atoms with van der Waals surface area (Å²) in [5.74, 6) is -1.86. The smallest absolute Gasteiger partial charge is 0.310 e. The minimum absolute atomic E-state index is 0.173. The number of esters is 1. The number of anilines is 1. The van der Waals surface area contributed by atoms with Gasteiger partial charge >= 0.3 is 5.97 Å². The highest BCUT2D eigenvalue weighted by atomic mass is 19.1. The predicted octanol–water partition coefficient (Wildman–Crippen LogP) is 4.91. The Morgan fingerprint density at radius 1 is 1.12 bits per heavy atom. The summed E-state index contributed by atoms with van der Waals surface area (Å²) in [7, 11) is 1.34. The number of aryl methyl sites for hydroxylation is 1. The van der Waals surface area contributed by atoms with Crippen LogP contribution in [0.25, 0.3) is 11.1 Å². The molecule has 32 heavy (non-hydrogen) atoms. The van der Waals surface area contributed by atoms with E-state index in [2.05, 4.69) is 4.98 Å². The van der Waals surface area contributed by atoms with Gasteiger partial charge in [0.1, 0.15) is 18.2 Å². The largest absolute Gasteiger partial charge is 0.472 e. The van der Waals surface area contributed by atoms with Crippen molar-refractivity contribution < 1.29 is 23.0 Å². The van der Waals surface area contributed by atoms with E-state index in [1.165, 1.54) is 19.2 Å². The van der Waals surface area contributed by atoms with E-state index in [1.54, 1.807) is 24.0 Å². The first kappa shape index (κ1) is 21.7. The molecule has 0 spiro atoms. The van der Waals surface area contributed by atoms with Gasteiger partial charge in [0.05, 0.1) is 18.6 Å². The van der Waals surface area contributed by atoms with Gasteiger partial charge in [0.2, 0.25) is 5.88 Å². The Morgan fingerprint density at radius 2 is 1.84 bits per heavy atom. The molecule has 1 aliphatic rings. The fourth-order valence-electron chi connectivity index (χ4n) is 3.91. The summed E-state index contributed by atoms with van der Waals surface area (Å²) in [6.45, 7) is 2.91. The second kappa shape index (κ2) is 9.34. The van der Waals surface area contributed by atoms with Crippen LogP contribution in [-0.4, -0.2) is 31.2 Å². The molecule has 4 rings (SSSR count). The van der Waals surface area contributed by atoms with Crippen LogP contribution in [-0.2, 0) is 16.1 Å². The first-order chi connectivity index (χ1) is 15.5. The van der Waals surface area contributed by atoms with Crippen LogP contribution >= 0.6 is 0 Å². The third kappa shape index (κ3) is 4.56. The standard InChI is InChI=1S/C25H24F2N2O3/c1-16-8-9-20(24(28-16)32-15-17-6-4-3-5-7-17)23-21(26)12-19(13-22(23)27)29-11-10-18(14-29)25(30)31-2/h3-9,12-13,18H,10-11,14-15H2,1-2H3/t18-/m1/s1. The molecule has 0 unspecified atom stereocenters. The summed E-state index contributed by atoms with van der Waals surface area (Å²) in [5.41, 5.74) is 2.06. The molecule has 3 aromatic rings. The van der Waals surface area contributed by atoms with Crippen LogP contribution in [0.3, 0.4) is 0 Å². The number of benzene rings is 2. The molecule has 0 bridgehead atoms. The normalized spacial score (nSPS) is 15.6. The third-order valence-electron chi connectivity index (χ3n) is 5.60. The molecular formula is C25H24F2N2O3. The molecule has 7 heteroatoms. The van der Waals surface area contributed by atoms with E-state index in [-0.39, 0.29) is 35.5 Å². The molecule has 166 valence electrons. The van der Waals surface area contributed by atoms with Crippen molar-refractivity contribution in [2.24, 2.45) is 5.92 Å². The van der Waals surface area contributed by atoms with Gasteiger partial charge in [0.25, 0.3) is 0 Å². The molecule has 0 saturated carbocycles. The summed E-state index contributed by atoms with van der Waals surface area (Å²) in [5, 5.41) is 0. The maximum absolute atomic E-state index is 15.2. The van der Waals surface area contributed by atoms with Crippen molar-refractivity contribution in [1.29, 1.82) is 0 Å². The number of pyridine rings is 1. The highest BCUT2D eigenvalue weighted by Gasteiger charge is 2.30. The number of rotatable bonds is 6. The maximum Gasteiger partial charge on any atom is 0.310 e. The first-order valence-electron chi connectivity index (χ1n) is 10.4. The van der Waals surface area contributed by atoms with Crippen molar-refractivity contribution in [3.8, 4) is 17.0 Å². The zero-order chi connectivity index (χ0) is 22.7. The maximum atomic E-state index is 15.2. The van der Waals surface area contributed by atoms with Crippen LogP contribution in [0, 0.1) is 24.5 Å². The van der Waals surface area contributed by atoms with E-state index < -0.39 is 11.6 Å². The molecule has 5 nitrogen and oxygen atoms in total. The number of ether oxygens (including phenoxy) is 2. The van der Waals surface area contributed by atoms with Crippen molar-refractivity contribution in [3.63, 3.8) is 0 Å². The van der Waals surface area contributed by atoms with Crippen LogP contribution in [0.4, 0.5) is 14.5 Å². The fourth-order valence-corrected chi connectivity index (χ4v) is 3.91. The molecule has 1 aromatic heterocycles. The Bertz CT molecular complexity index is 1100. The number of carbonyl (C=O) groups excluding carboxylic acids is 1. The van der Waals surface area contributed by atoms with E-state index >= 15 is 8.78 Å². The Balaban J connectivity index is 1.62. The van der Waals surface area contributed by atoms with E-state index in [0.29, 0.717) is 30.9 Å². The van der Waals surface area contributed by atoms with E-state index in [0.717, 1.165) is 5.56 Å². The van der Waals surface area contributed by atoms with Crippen LogP contribution in [0.5, 0.6) is 5.88 Å². The van der Waals surface area contributed by atoms with Crippen LogP contribution in [0.1, 0.15) is 17.7 Å². The first-order valence-corrected chi connectivity index (χ1v) is 10.4. The average molecular weight is 438 g/mol. The Morgan fingerprint density at radius 3 is 2.53 bits per heavy atom. The average Bonchev–Trinajstić information content (AvgIpc) is 3.29. The summed E-state index contributed by atoms with van der Waals surface area (Å²) in [6, 6.07) is 15.4. The number of aromatic nitrogens is 1. The van der Waals surface area contributed by atoms with Gasteiger partial charge in [-0.3, -0.25) is 4.79 Å². The van der Waals surface area contributed by atoms with Crippen molar-refractivity contribution >= 4 is 11.7 Å². The number of methoxy groups -OCH3 is 1. The minimum Gasteiger partial charge on any atom is -0.472 e. The highest BCUT2D eigenvalue weighted by molar-refractivity contribution is 5.75. The zero-order valence-corrected chi connectivity index (χ0v) is 18.0. The van der Waals surface area contributed by atoms with Crippen molar-refractivity contribution in [3.05, 3.63) is 77.5 Å². The highest BCUT2D eigenvalue weighted by Crippen LogP contribution is 2.36. The lowest BCUT2D eigenvalue weighted by atomic mass is 10.0. The zero-order valence-electron chi connectivity index (χ0n) is 18.0. The molecular weight excluding hydrogens is 414 g/mol. The quantitative estimate of drug-likeness (QED) is 0.512. The van der Waals surface area contributed by atoms with E-state index in [4.69, 9.17) is 9.47 Å². The van der Waals surface area contributed by atoms with Gasteiger partial charge in [-0.15, -0.1) is 0 Å². The van der Waals surface area contributed by atoms with Crippen molar-refractivity contribution in [2.45, 2.75) is 20.0 Å². The number of hydrogen-bond acceptors (Lipinski definition) is 5. The Kier molecular flexibility index (Phi) is 6.35. The lowest BCUT2D eigenvalue weighted by Gasteiger charge is -2.20. The van der Waals surface area contributed by atoms with Crippen LogP contribution in [0.2, 0.25) is 0 Å².